The van der Waals surface area contributed by atoms with Gasteiger partial charge in [-0.15, -0.1) is 11.3 Å². The molecule has 1 aliphatic rings. The van der Waals surface area contributed by atoms with Gasteiger partial charge in [0, 0.05) is 94.9 Å². The highest BCUT2D eigenvalue weighted by atomic mass is 32.2. The van der Waals surface area contributed by atoms with Crippen molar-refractivity contribution >= 4 is 65.5 Å². The minimum atomic E-state index is -3.46. The number of pyridine rings is 1. The molecule has 17 nitrogen and oxygen atoms in total. The number of hydrogen-bond donors (Lipinski definition) is 1. The van der Waals surface area contributed by atoms with Crippen LogP contribution in [0.25, 0.3) is 20.3 Å². The van der Waals surface area contributed by atoms with E-state index in [0.29, 0.717) is 107 Å². The van der Waals surface area contributed by atoms with E-state index in [4.69, 9.17) is 23.9 Å². The monoisotopic (exact) mass is 862 g/mol. The van der Waals surface area contributed by atoms with Crippen molar-refractivity contribution in [3.05, 3.63) is 52.3 Å². The number of nitrogens with one attached hydrogen (secondary N) is 1. The SMILES string of the molecule is COC(=O)CCCC(C(=O)OC)N1CCN(CCNS(C)(=O)=O)CCN(C(CCCC(=O)OC)C(=O)OC)CCN(Cc2ccc3c(=O)c4ccccc4sc3n2)CC1. The number of methoxy groups -OCH3 is 4. The Morgan fingerprint density at radius 1 is 0.729 bits per heavy atom. The molecule has 0 saturated carbocycles. The van der Waals surface area contributed by atoms with E-state index in [0.717, 1.165) is 16.6 Å². The number of hydrogen-bond acceptors (Lipinski definition) is 17. The third-order valence-electron chi connectivity index (χ3n) is 10.5. The Morgan fingerprint density at radius 3 is 1.76 bits per heavy atom. The molecule has 0 amide bonds. The van der Waals surface area contributed by atoms with Gasteiger partial charge in [-0.2, -0.15) is 0 Å². The third-order valence-corrected chi connectivity index (χ3v) is 12.3. The Kier molecular flexibility index (Phi) is 19.0. The van der Waals surface area contributed by atoms with Crippen LogP contribution < -0.4 is 10.2 Å². The quantitative estimate of drug-likeness (QED) is 0.111. The Morgan fingerprint density at radius 2 is 1.25 bits per heavy atom. The lowest BCUT2D eigenvalue weighted by molar-refractivity contribution is -0.148. The molecule has 2 unspecified atom stereocenters. The molecule has 4 rings (SSSR count). The van der Waals surface area contributed by atoms with Gasteiger partial charge in [-0.05, 0) is 49.9 Å². The molecule has 0 spiro atoms. The fourth-order valence-electron chi connectivity index (χ4n) is 7.21. The first-order valence-corrected chi connectivity index (χ1v) is 22.5. The number of fused-ring (bicyclic) bond motifs is 2. The summed E-state index contributed by atoms with van der Waals surface area (Å²) in [7, 11) is 1.85. The van der Waals surface area contributed by atoms with E-state index < -0.39 is 34.0 Å². The minimum Gasteiger partial charge on any atom is -0.469 e. The maximum atomic E-state index is 13.4. The molecule has 1 N–H and O–H groups in total. The van der Waals surface area contributed by atoms with Gasteiger partial charge in [0.2, 0.25) is 10.0 Å². The van der Waals surface area contributed by atoms with Gasteiger partial charge in [0.15, 0.2) is 5.43 Å². The molecular weight excluding hydrogens is 805 g/mol. The second-order valence-corrected chi connectivity index (χ2v) is 17.3. The number of ether oxygens (including phenoxy) is 4. The zero-order valence-electron chi connectivity index (χ0n) is 34.7. The van der Waals surface area contributed by atoms with Gasteiger partial charge in [-0.25, -0.2) is 18.1 Å². The molecule has 1 aromatic carbocycles. The molecule has 1 aliphatic heterocycles. The number of sulfonamides is 1. The Labute approximate surface area is 349 Å². The molecule has 0 radical (unpaired) electrons. The summed E-state index contributed by atoms with van der Waals surface area (Å²) in [5.74, 6) is -1.62. The van der Waals surface area contributed by atoms with Gasteiger partial charge in [0.05, 0.1) is 45.8 Å². The van der Waals surface area contributed by atoms with Crippen molar-refractivity contribution in [1.29, 1.82) is 0 Å². The van der Waals surface area contributed by atoms with Gasteiger partial charge in [-0.1, -0.05) is 12.1 Å². The molecule has 326 valence electrons. The van der Waals surface area contributed by atoms with Crippen LogP contribution >= 0.6 is 11.3 Å². The number of nitrogens with zero attached hydrogens (tertiary/aromatic N) is 5. The number of rotatable bonds is 18. The van der Waals surface area contributed by atoms with Crippen LogP contribution in [0.3, 0.4) is 0 Å². The summed E-state index contributed by atoms with van der Waals surface area (Å²) in [5.41, 5.74) is 0.664. The predicted molar refractivity (Wildman–Crippen MR) is 224 cm³/mol. The van der Waals surface area contributed by atoms with E-state index in [-0.39, 0.29) is 36.8 Å². The highest BCUT2D eigenvalue weighted by Crippen LogP contribution is 2.24. The Balaban J connectivity index is 1.70. The van der Waals surface area contributed by atoms with Gasteiger partial charge in [-0.3, -0.25) is 43.6 Å². The average Bonchev–Trinajstić information content (AvgIpc) is 3.22. The number of benzene rings is 1. The molecule has 59 heavy (non-hydrogen) atoms. The standard InChI is InChI=1S/C40H58N6O11S2/c1-54-35(47)14-8-11-32(39(50)56-3)45-24-20-43(19-18-41-59(5,52)53)21-25-46(33(40(51)57-4)12-9-15-36(48)55-2)27-23-44(22-26-45)28-29-16-17-31-37(49)30-10-6-7-13-34(30)58-38(31)42-29/h6-7,10,13,16-17,32-33,41H,8-9,11-12,14-15,18-28H2,1-5H3. The third kappa shape index (κ3) is 14.8. The molecule has 0 bridgehead atoms. The van der Waals surface area contributed by atoms with E-state index in [9.17, 15) is 32.4 Å². The largest absolute Gasteiger partial charge is 0.469 e. The zero-order valence-corrected chi connectivity index (χ0v) is 36.3. The van der Waals surface area contributed by atoms with Crippen LogP contribution in [0.15, 0.2) is 41.2 Å². The second kappa shape index (κ2) is 23.6. The normalized spacial score (nSPS) is 16.8. The molecular formula is C40H58N6O11S2. The molecule has 1 fully saturated rings. The van der Waals surface area contributed by atoms with Crippen molar-refractivity contribution in [2.45, 2.75) is 57.2 Å². The topological polar surface area (TPSA) is 194 Å². The fourth-order valence-corrected chi connectivity index (χ4v) is 8.74. The van der Waals surface area contributed by atoms with E-state index in [1.54, 1.807) is 0 Å². The van der Waals surface area contributed by atoms with Gasteiger partial charge >= 0.3 is 23.9 Å². The van der Waals surface area contributed by atoms with E-state index >= 15 is 0 Å². The van der Waals surface area contributed by atoms with Crippen LogP contribution in [0, 0.1) is 0 Å². The van der Waals surface area contributed by atoms with Crippen LogP contribution in [-0.4, -0.2) is 169 Å². The van der Waals surface area contributed by atoms with Crippen LogP contribution in [0.5, 0.6) is 0 Å². The Hall–Kier alpha value is -4.11. The van der Waals surface area contributed by atoms with Crippen LogP contribution in [0.2, 0.25) is 0 Å². The van der Waals surface area contributed by atoms with Crippen molar-refractivity contribution in [2.24, 2.45) is 0 Å². The Bertz CT molecular complexity index is 1990. The van der Waals surface area contributed by atoms with Gasteiger partial charge in [0.1, 0.15) is 16.9 Å². The second-order valence-electron chi connectivity index (χ2n) is 14.5. The van der Waals surface area contributed by atoms with Crippen LogP contribution in [-0.2, 0) is 54.7 Å². The maximum Gasteiger partial charge on any atom is 0.323 e. The van der Waals surface area contributed by atoms with Crippen molar-refractivity contribution in [2.75, 3.05) is 100 Å². The van der Waals surface area contributed by atoms with E-state index in [1.807, 2.05) is 46.2 Å². The zero-order chi connectivity index (χ0) is 43.0. The summed E-state index contributed by atoms with van der Waals surface area (Å²) in [6.07, 6.45) is 2.85. The van der Waals surface area contributed by atoms with Crippen molar-refractivity contribution in [1.82, 2.24) is 29.3 Å². The highest BCUT2D eigenvalue weighted by molar-refractivity contribution is 7.88. The number of carbonyl (C=O) groups excluding carboxylic acids is 4. The van der Waals surface area contributed by atoms with Crippen LogP contribution in [0.4, 0.5) is 0 Å². The van der Waals surface area contributed by atoms with E-state index in [1.165, 1.54) is 39.8 Å². The first-order chi connectivity index (χ1) is 28.3. The molecule has 19 heteroatoms. The number of carbonyl (C=O) groups is 4. The highest BCUT2D eigenvalue weighted by Gasteiger charge is 2.31. The summed E-state index contributed by atoms with van der Waals surface area (Å²) in [5, 5.41) is 1.19. The van der Waals surface area contributed by atoms with Crippen molar-refractivity contribution in [3.8, 4) is 0 Å². The lowest BCUT2D eigenvalue weighted by atomic mass is 10.1. The summed E-state index contributed by atoms with van der Waals surface area (Å²) in [6, 6.07) is 9.77. The smallest absolute Gasteiger partial charge is 0.323 e. The minimum absolute atomic E-state index is 0.0748. The average molecular weight is 863 g/mol. The number of aromatic nitrogens is 1. The molecule has 2 atom stereocenters. The molecule has 1 saturated heterocycles. The molecule has 3 heterocycles. The first-order valence-electron chi connectivity index (χ1n) is 19.7. The molecule has 0 aliphatic carbocycles. The fraction of sp³-hybridized carbons (Fsp3) is 0.600. The summed E-state index contributed by atoms with van der Waals surface area (Å²) in [4.78, 5) is 78.0. The lowest BCUT2D eigenvalue weighted by Gasteiger charge is -2.38. The van der Waals surface area contributed by atoms with Gasteiger partial charge < -0.3 is 18.9 Å². The van der Waals surface area contributed by atoms with Gasteiger partial charge in [0.25, 0.3) is 0 Å². The van der Waals surface area contributed by atoms with Crippen LogP contribution in [0.1, 0.15) is 44.2 Å². The summed E-state index contributed by atoms with van der Waals surface area (Å²) >= 11 is 1.45. The van der Waals surface area contributed by atoms with Crippen molar-refractivity contribution in [3.63, 3.8) is 0 Å². The summed E-state index contributed by atoms with van der Waals surface area (Å²) < 4.78 is 47.6. The maximum absolute atomic E-state index is 13.4. The summed E-state index contributed by atoms with van der Waals surface area (Å²) in [6.45, 7) is 4.34. The van der Waals surface area contributed by atoms with E-state index in [2.05, 4.69) is 14.5 Å². The molecule has 2 aromatic heterocycles. The predicted octanol–water partition coefficient (Wildman–Crippen LogP) is 1.85. The lowest BCUT2D eigenvalue weighted by Crippen LogP contribution is -2.53. The van der Waals surface area contributed by atoms with Crippen molar-refractivity contribution < 1.29 is 46.5 Å². The number of esters is 4. The molecule has 3 aromatic rings. The first kappa shape index (κ1) is 47.6.